The van der Waals surface area contributed by atoms with Gasteiger partial charge in [-0.3, -0.25) is 4.79 Å². The first-order chi connectivity index (χ1) is 8.60. The summed E-state index contributed by atoms with van der Waals surface area (Å²) in [4.78, 5) is 10.9. The molecule has 18 heavy (non-hydrogen) atoms. The van der Waals surface area contributed by atoms with Crippen molar-refractivity contribution in [2.45, 2.75) is 0 Å². The molecule has 0 fully saturated rings. The van der Waals surface area contributed by atoms with Crippen LogP contribution in [0.1, 0.15) is 10.4 Å². The normalized spacial score (nSPS) is 10.2. The zero-order chi connectivity index (χ0) is 13.1. The van der Waals surface area contributed by atoms with Gasteiger partial charge in [-0.05, 0) is 36.4 Å². The number of hydrogen-bond donors (Lipinski definition) is 0. The van der Waals surface area contributed by atoms with Crippen LogP contribution in [0.4, 0.5) is 4.39 Å². The molecule has 2 rings (SSSR count). The molecular formula is C13H7BrClFO2. The van der Waals surface area contributed by atoms with Crippen LogP contribution in [0.3, 0.4) is 0 Å². The van der Waals surface area contributed by atoms with Gasteiger partial charge in [-0.1, -0.05) is 27.5 Å². The van der Waals surface area contributed by atoms with Gasteiger partial charge < -0.3 is 4.74 Å². The molecule has 0 amide bonds. The first-order valence-corrected chi connectivity index (χ1v) is 6.15. The Balaban J connectivity index is 2.39. The standard InChI is InChI=1S/C13H7BrClFO2/c14-9-1-3-11(16)13(6-9)18-12-4-2-10(15)5-8(12)7-17/h1-7H. The molecule has 2 aromatic rings. The van der Waals surface area contributed by atoms with Crippen molar-refractivity contribution >= 4 is 33.8 Å². The Morgan fingerprint density at radius 1 is 1.17 bits per heavy atom. The predicted octanol–water partition coefficient (Wildman–Crippen LogP) is 4.85. The first-order valence-electron chi connectivity index (χ1n) is 4.98. The molecule has 0 aliphatic rings. The maximum absolute atomic E-state index is 13.5. The maximum atomic E-state index is 13.5. The molecule has 0 heterocycles. The van der Waals surface area contributed by atoms with Gasteiger partial charge in [-0.25, -0.2) is 4.39 Å². The number of hydrogen-bond acceptors (Lipinski definition) is 2. The lowest BCUT2D eigenvalue weighted by Gasteiger charge is -2.09. The van der Waals surface area contributed by atoms with E-state index in [1.54, 1.807) is 12.1 Å². The highest BCUT2D eigenvalue weighted by Crippen LogP contribution is 2.30. The van der Waals surface area contributed by atoms with Crippen molar-refractivity contribution < 1.29 is 13.9 Å². The predicted molar refractivity (Wildman–Crippen MR) is 71.0 cm³/mol. The topological polar surface area (TPSA) is 26.3 Å². The fourth-order valence-electron chi connectivity index (χ4n) is 1.38. The molecule has 2 aromatic carbocycles. The van der Waals surface area contributed by atoms with E-state index < -0.39 is 5.82 Å². The van der Waals surface area contributed by atoms with E-state index in [4.69, 9.17) is 16.3 Å². The quantitative estimate of drug-likeness (QED) is 0.753. The molecule has 0 saturated heterocycles. The van der Waals surface area contributed by atoms with E-state index in [2.05, 4.69) is 15.9 Å². The number of carbonyl (C=O) groups is 1. The molecule has 0 N–H and O–H groups in total. The third-order valence-electron chi connectivity index (χ3n) is 2.21. The van der Waals surface area contributed by atoms with Crippen molar-refractivity contribution in [2.75, 3.05) is 0 Å². The van der Waals surface area contributed by atoms with E-state index in [9.17, 15) is 9.18 Å². The molecule has 0 aliphatic carbocycles. The molecule has 0 aromatic heterocycles. The fourth-order valence-corrected chi connectivity index (χ4v) is 1.90. The molecule has 0 unspecified atom stereocenters. The van der Waals surface area contributed by atoms with Crippen molar-refractivity contribution in [3.05, 3.63) is 57.3 Å². The third-order valence-corrected chi connectivity index (χ3v) is 2.94. The Kier molecular flexibility index (Phi) is 3.99. The zero-order valence-corrected chi connectivity index (χ0v) is 11.3. The average molecular weight is 330 g/mol. The van der Waals surface area contributed by atoms with E-state index in [1.165, 1.54) is 24.3 Å². The second-order valence-corrected chi connectivity index (χ2v) is 4.83. The van der Waals surface area contributed by atoms with Gasteiger partial charge in [0.1, 0.15) is 5.75 Å². The van der Waals surface area contributed by atoms with Crippen LogP contribution in [-0.2, 0) is 0 Å². The molecule has 92 valence electrons. The zero-order valence-electron chi connectivity index (χ0n) is 8.99. The minimum Gasteiger partial charge on any atom is -0.453 e. The number of halogens is 3. The molecule has 0 aliphatic heterocycles. The number of ether oxygens (including phenoxy) is 1. The molecular weight excluding hydrogens is 322 g/mol. The van der Waals surface area contributed by atoms with Crippen molar-refractivity contribution in [3.8, 4) is 11.5 Å². The first kappa shape index (κ1) is 13.1. The summed E-state index contributed by atoms with van der Waals surface area (Å²) in [6, 6.07) is 8.87. The molecule has 0 saturated carbocycles. The van der Waals surface area contributed by atoms with Crippen LogP contribution in [0.2, 0.25) is 5.02 Å². The summed E-state index contributed by atoms with van der Waals surface area (Å²) in [6.07, 6.45) is 0.608. The molecule has 2 nitrogen and oxygen atoms in total. The van der Waals surface area contributed by atoms with Crippen molar-refractivity contribution in [2.24, 2.45) is 0 Å². The van der Waals surface area contributed by atoms with Crippen molar-refractivity contribution in [1.29, 1.82) is 0 Å². The summed E-state index contributed by atoms with van der Waals surface area (Å²) in [5.74, 6) is -0.216. The van der Waals surface area contributed by atoms with E-state index in [-0.39, 0.29) is 17.1 Å². The van der Waals surface area contributed by atoms with Gasteiger partial charge in [0.05, 0.1) is 5.56 Å². The molecule has 0 atom stereocenters. The van der Waals surface area contributed by atoms with Gasteiger partial charge >= 0.3 is 0 Å². The van der Waals surface area contributed by atoms with Gasteiger partial charge in [0.25, 0.3) is 0 Å². The highest BCUT2D eigenvalue weighted by molar-refractivity contribution is 9.10. The Bertz CT molecular complexity index is 602. The van der Waals surface area contributed by atoms with Crippen LogP contribution in [0.25, 0.3) is 0 Å². The van der Waals surface area contributed by atoms with Gasteiger partial charge in [0, 0.05) is 9.50 Å². The average Bonchev–Trinajstić information content (AvgIpc) is 2.36. The van der Waals surface area contributed by atoms with Crippen LogP contribution >= 0.6 is 27.5 Å². The lowest BCUT2D eigenvalue weighted by Crippen LogP contribution is -1.92. The van der Waals surface area contributed by atoms with Crippen LogP contribution in [0, 0.1) is 5.82 Å². The number of aldehydes is 1. The van der Waals surface area contributed by atoms with Crippen LogP contribution < -0.4 is 4.74 Å². The van der Waals surface area contributed by atoms with Gasteiger partial charge in [0.2, 0.25) is 0 Å². The highest BCUT2D eigenvalue weighted by atomic mass is 79.9. The smallest absolute Gasteiger partial charge is 0.165 e. The fraction of sp³-hybridized carbons (Fsp3) is 0. The molecule has 0 spiro atoms. The number of carbonyl (C=O) groups excluding carboxylic acids is 1. The third kappa shape index (κ3) is 2.89. The van der Waals surface area contributed by atoms with Crippen LogP contribution in [0.15, 0.2) is 40.9 Å². The minimum atomic E-state index is -0.509. The van der Waals surface area contributed by atoms with Gasteiger partial charge in [-0.2, -0.15) is 0 Å². The van der Waals surface area contributed by atoms with Gasteiger partial charge in [-0.15, -0.1) is 0 Å². The van der Waals surface area contributed by atoms with Crippen molar-refractivity contribution in [1.82, 2.24) is 0 Å². The lowest BCUT2D eigenvalue weighted by atomic mass is 10.2. The Morgan fingerprint density at radius 2 is 1.94 bits per heavy atom. The van der Waals surface area contributed by atoms with Crippen molar-refractivity contribution in [3.63, 3.8) is 0 Å². The Hall–Kier alpha value is -1.39. The summed E-state index contributed by atoms with van der Waals surface area (Å²) in [5.41, 5.74) is 0.266. The molecule has 0 radical (unpaired) electrons. The van der Waals surface area contributed by atoms with Crippen LogP contribution in [0.5, 0.6) is 11.5 Å². The van der Waals surface area contributed by atoms with E-state index in [1.807, 2.05) is 0 Å². The van der Waals surface area contributed by atoms with Crippen LogP contribution in [-0.4, -0.2) is 6.29 Å². The SMILES string of the molecule is O=Cc1cc(Cl)ccc1Oc1cc(Br)ccc1F. The second kappa shape index (κ2) is 5.50. The number of benzene rings is 2. The van der Waals surface area contributed by atoms with E-state index in [0.29, 0.717) is 15.8 Å². The van der Waals surface area contributed by atoms with E-state index in [0.717, 1.165) is 0 Å². The summed E-state index contributed by atoms with van der Waals surface area (Å²) in [6.45, 7) is 0. The minimum absolute atomic E-state index is 0.0368. The summed E-state index contributed by atoms with van der Waals surface area (Å²) in [7, 11) is 0. The molecule has 5 heteroatoms. The second-order valence-electron chi connectivity index (χ2n) is 3.48. The summed E-state index contributed by atoms with van der Waals surface area (Å²) >= 11 is 8.98. The highest BCUT2D eigenvalue weighted by Gasteiger charge is 2.09. The maximum Gasteiger partial charge on any atom is 0.165 e. The Morgan fingerprint density at radius 3 is 2.67 bits per heavy atom. The molecule has 0 bridgehead atoms. The van der Waals surface area contributed by atoms with E-state index >= 15 is 0 Å². The summed E-state index contributed by atoms with van der Waals surface area (Å²) < 4.78 is 19.6. The largest absolute Gasteiger partial charge is 0.453 e. The monoisotopic (exact) mass is 328 g/mol. The lowest BCUT2D eigenvalue weighted by molar-refractivity contribution is 0.112. The number of rotatable bonds is 3. The Labute approximate surface area is 116 Å². The van der Waals surface area contributed by atoms with Gasteiger partial charge in [0.15, 0.2) is 17.9 Å². The summed E-state index contributed by atoms with van der Waals surface area (Å²) in [5, 5.41) is 0.416.